The van der Waals surface area contributed by atoms with Crippen molar-refractivity contribution in [3.63, 3.8) is 0 Å². The van der Waals surface area contributed by atoms with Crippen molar-refractivity contribution < 1.29 is 4.92 Å². The third kappa shape index (κ3) is 2.96. The van der Waals surface area contributed by atoms with Crippen molar-refractivity contribution in [2.45, 2.75) is 38.0 Å². The van der Waals surface area contributed by atoms with Crippen LogP contribution in [0.25, 0.3) is 21.5 Å². The van der Waals surface area contributed by atoms with Gasteiger partial charge in [0.1, 0.15) is 0 Å². The summed E-state index contributed by atoms with van der Waals surface area (Å²) in [5.41, 5.74) is 3.79. The van der Waals surface area contributed by atoms with Crippen molar-refractivity contribution in [2.75, 3.05) is 0 Å². The van der Waals surface area contributed by atoms with Gasteiger partial charge < -0.3 is 0 Å². The van der Waals surface area contributed by atoms with Crippen LogP contribution < -0.4 is 0 Å². The summed E-state index contributed by atoms with van der Waals surface area (Å²) in [7, 11) is 0. The molecule has 0 fully saturated rings. The maximum absolute atomic E-state index is 11.2. The van der Waals surface area contributed by atoms with Gasteiger partial charge in [-0.1, -0.05) is 74.0 Å². The standard InChI is InChI=1S/C26H22ClNO2/c1-26(2)15-18(16-6-5-7-19(13-16)28(29)30)12-17-10-11-21-20-8-3-4-9-22(20)24(27)14-23(21)25(17)26/h3-11,13-14,18H,12,15H2,1-2H3. The van der Waals surface area contributed by atoms with E-state index in [9.17, 15) is 10.1 Å². The first-order valence-electron chi connectivity index (χ1n) is 10.2. The number of non-ortho nitro benzene ring substituents is 1. The Kier molecular flexibility index (Phi) is 4.33. The number of benzene rings is 4. The Morgan fingerprint density at radius 1 is 0.933 bits per heavy atom. The molecule has 4 aromatic rings. The summed E-state index contributed by atoms with van der Waals surface area (Å²) < 4.78 is 0. The molecule has 0 saturated carbocycles. The van der Waals surface area contributed by atoms with Gasteiger partial charge in [0.25, 0.3) is 5.69 Å². The zero-order valence-electron chi connectivity index (χ0n) is 17.0. The van der Waals surface area contributed by atoms with Crippen LogP contribution in [0.3, 0.4) is 0 Å². The number of halogens is 1. The molecule has 3 nitrogen and oxygen atoms in total. The summed E-state index contributed by atoms with van der Waals surface area (Å²) in [5.74, 6) is 0.251. The zero-order chi connectivity index (χ0) is 21.0. The van der Waals surface area contributed by atoms with Gasteiger partial charge in [-0.05, 0) is 63.1 Å². The average Bonchev–Trinajstić information content (AvgIpc) is 2.73. The minimum Gasteiger partial charge on any atom is -0.258 e. The molecule has 4 aromatic carbocycles. The Morgan fingerprint density at radius 2 is 1.67 bits per heavy atom. The van der Waals surface area contributed by atoms with Gasteiger partial charge in [-0.2, -0.15) is 0 Å². The highest BCUT2D eigenvalue weighted by Crippen LogP contribution is 2.48. The maximum Gasteiger partial charge on any atom is 0.269 e. The van der Waals surface area contributed by atoms with Gasteiger partial charge in [-0.15, -0.1) is 0 Å². The van der Waals surface area contributed by atoms with E-state index in [1.165, 1.54) is 27.3 Å². The SMILES string of the molecule is CC1(C)CC(c2cccc([N+](=O)[O-])c2)Cc2ccc3c(cc(Cl)c4ccccc43)c21. The van der Waals surface area contributed by atoms with E-state index in [0.717, 1.165) is 28.8 Å². The molecule has 0 aliphatic heterocycles. The van der Waals surface area contributed by atoms with Crippen molar-refractivity contribution in [1.29, 1.82) is 0 Å². The lowest BCUT2D eigenvalue weighted by atomic mass is 9.65. The molecule has 0 radical (unpaired) electrons. The lowest BCUT2D eigenvalue weighted by Crippen LogP contribution is -2.29. The van der Waals surface area contributed by atoms with E-state index < -0.39 is 0 Å². The van der Waals surface area contributed by atoms with Gasteiger partial charge in [-0.25, -0.2) is 0 Å². The summed E-state index contributed by atoms with van der Waals surface area (Å²) in [5, 5.41) is 16.7. The predicted octanol–water partition coefficient (Wildman–Crippen LogP) is 7.56. The van der Waals surface area contributed by atoms with Gasteiger partial charge in [-0.3, -0.25) is 10.1 Å². The van der Waals surface area contributed by atoms with Crippen LogP contribution in [0, 0.1) is 10.1 Å². The van der Waals surface area contributed by atoms with E-state index in [4.69, 9.17) is 11.6 Å². The lowest BCUT2D eigenvalue weighted by molar-refractivity contribution is -0.384. The van der Waals surface area contributed by atoms with E-state index in [1.54, 1.807) is 18.2 Å². The number of nitro benzene ring substituents is 1. The summed E-state index contributed by atoms with van der Waals surface area (Å²) in [6.07, 6.45) is 1.81. The van der Waals surface area contributed by atoms with Crippen LogP contribution in [-0.4, -0.2) is 4.92 Å². The Hall–Kier alpha value is -2.91. The Balaban J connectivity index is 1.69. The molecule has 1 aliphatic rings. The summed E-state index contributed by atoms with van der Waals surface area (Å²) in [6.45, 7) is 4.55. The van der Waals surface area contributed by atoms with Crippen molar-refractivity contribution in [3.8, 4) is 0 Å². The summed E-state index contributed by atoms with van der Waals surface area (Å²) >= 11 is 6.68. The van der Waals surface area contributed by atoms with Crippen molar-refractivity contribution in [2.24, 2.45) is 0 Å². The third-order valence-electron chi connectivity index (χ3n) is 6.53. The van der Waals surface area contributed by atoms with Crippen LogP contribution in [0.5, 0.6) is 0 Å². The predicted molar refractivity (Wildman–Crippen MR) is 124 cm³/mol. The number of fused-ring (bicyclic) bond motifs is 5. The number of rotatable bonds is 2. The average molecular weight is 416 g/mol. The number of hydrogen-bond donors (Lipinski definition) is 0. The molecular formula is C26H22ClNO2. The molecule has 150 valence electrons. The molecule has 1 atom stereocenters. The fourth-order valence-electron chi connectivity index (χ4n) is 5.33. The molecule has 30 heavy (non-hydrogen) atoms. The zero-order valence-corrected chi connectivity index (χ0v) is 17.7. The molecule has 0 heterocycles. The fourth-order valence-corrected chi connectivity index (χ4v) is 5.61. The van der Waals surface area contributed by atoms with Crippen molar-refractivity contribution >= 4 is 38.8 Å². The normalized spacial score (nSPS) is 17.8. The van der Waals surface area contributed by atoms with Crippen LogP contribution in [0.1, 0.15) is 42.9 Å². The summed E-state index contributed by atoms with van der Waals surface area (Å²) in [6, 6.07) is 22.0. The Morgan fingerprint density at radius 3 is 2.43 bits per heavy atom. The minimum absolute atomic E-state index is 0.0752. The smallest absolute Gasteiger partial charge is 0.258 e. The van der Waals surface area contributed by atoms with E-state index >= 15 is 0 Å². The number of hydrogen-bond acceptors (Lipinski definition) is 2. The lowest BCUT2D eigenvalue weighted by Gasteiger charge is -2.39. The molecule has 4 heteroatoms. The van der Waals surface area contributed by atoms with E-state index in [-0.39, 0.29) is 21.9 Å². The highest BCUT2D eigenvalue weighted by Gasteiger charge is 2.35. The fraction of sp³-hybridized carbons (Fsp3) is 0.231. The molecule has 1 aliphatic carbocycles. The second kappa shape index (κ2) is 6.82. The van der Waals surface area contributed by atoms with E-state index in [2.05, 4.69) is 50.2 Å². The highest BCUT2D eigenvalue weighted by molar-refractivity contribution is 6.37. The largest absolute Gasteiger partial charge is 0.269 e. The highest BCUT2D eigenvalue weighted by atomic mass is 35.5. The van der Waals surface area contributed by atoms with E-state index in [0.29, 0.717) is 0 Å². The summed E-state index contributed by atoms with van der Waals surface area (Å²) in [4.78, 5) is 10.9. The Bertz CT molecular complexity index is 1330. The minimum atomic E-state index is -0.313. The first-order valence-corrected chi connectivity index (χ1v) is 10.6. The van der Waals surface area contributed by atoms with Crippen molar-refractivity contribution in [1.82, 2.24) is 0 Å². The molecule has 0 bridgehead atoms. The van der Waals surface area contributed by atoms with Gasteiger partial charge >= 0.3 is 0 Å². The maximum atomic E-state index is 11.2. The van der Waals surface area contributed by atoms with Crippen LogP contribution in [0.4, 0.5) is 5.69 Å². The molecule has 0 aromatic heterocycles. The first kappa shape index (κ1) is 19.1. The van der Waals surface area contributed by atoms with Crippen molar-refractivity contribution in [3.05, 3.63) is 98.6 Å². The molecule has 0 spiro atoms. The first-order chi connectivity index (χ1) is 14.3. The number of nitrogens with zero attached hydrogens (tertiary/aromatic N) is 1. The monoisotopic (exact) mass is 415 g/mol. The molecule has 1 unspecified atom stereocenters. The molecule has 0 N–H and O–H groups in total. The van der Waals surface area contributed by atoms with Gasteiger partial charge in [0, 0.05) is 22.5 Å². The quantitative estimate of drug-likeness (QED) is 0.192. The van der Waals surface area contributed by atoms with Crippen LogP contribution in [0.15, 0.2) is 66.7 Å². The molecule has 0 amide bonds. The van der Waals surface area contributed by atoms with Crippen LogP contribution >= 0.6 is 11.6 Å². The second-order valence-electron chi connectivity index (χ2n) is 8.94. The second-order valence-corrected chi connectivity index (χ2v) is 9.35. The van der Waals surface area contributed by atoms with Gasteiger partial charge in [0.2, 0.25) is 0 Å². The Labute approximate surface area is 180 Å². The number of nitro groups is 1. The van der Waals surface area contributed by atoms with Gasteiger partial charge in [0.15, 0.2) is 0 Å². The third-order valence-corrected chi connectivity index (χ3v) is 6.84. The van der Waals surface area contributed by atoms with Crippen LogP contribution in [-0.2, 0) is 11.8 Å². The van der Waals surface area contributed by atoms with Gasteiger partial charge in [0.05, 0.1) is 4.92 Å². The van der Waals surface area contributed by atoms with E-state index in [1.807, 2.05) is 12.1 Å². The molecule has 0 saturated heterocycles. The topological polar surface area (TPSA) is 43.1 Å². The molecule has 5 rings (SSSR count). The van der Waals surface area contributed by atoms with Crippen LogP contribution in [0.2, 0.25) is 5.02 Å². The molecular weight excluding hydrogens is 394 g/mol.